The average Bonchev–Trinajstić information content (AvgIpc) is 2.28. The third-order valence-corrected chi connectivity index (χ3v) is 2.04. The summed E-state index contributed by atoms with van der Waals surface area (Å²) in [4.78, 5) is 21.9. The molecule has 118 valence electrons. The number of carbonyl (C=O) groups excluding carboxylic acids is 2. The summed E-state index contributed by atoms with van der Waals surface area (Å²) in [6.45, 7) is 1.57. The normalized spacial score (nSPS) is 11.7. The minimum absolute atomic E-state index is 0. The van der Waals surface area contributed by atoms with Crippen molar-refractivity contribution in [3.05, 3.63) is 5.92 Å². The third-order valence-electron chi connectivity index (χ3n) is 2.04. The molecule has 0 saturated heterocycles. The standard InChI is InChI=1S/C10H11F6O4.Rb/c1-3-5(2)7(18)19-4-6(17)20-8(9(11,12)13)10(14,15)16;/h8H,3-4H2,1-2H3;/q-1;+1. The summed E-state index contributed by atoms with van der Waals surface area (Å²) in [5.74, 6) is -2.79. The average molecular weight is 395 g/mol. The van der Waals surface area contributed by atoms with Crippen LogP contribution in [-0.2, 0) is 19.1 Å². The SMILES string of the molecule is CC[C-](C)C(=O)OCC(=O)OC(C(F)(F)F)C(F)(F)F.[Rb+]. The second-order valence-electron chi connectivity index (χ2n) is 3.66. The monoisotopic (exact) mass is 394 g/mol. The molecule has 21 heavy (non-hydrogen) atoms. The second-order valence-corrected chi connectivity index (χ2v) is 3.66. The summed E-state index contributed by atoms with van der Waals surface area (Å²) in [6.07, 6.45) is -15.6. The quantitative estimate of drug-likeness (QED) is 0.361. The first-order valence-electron chi connectivity index (χ1n) is 5.22. The van der Waals surface area contributed by atoms with Crippen LogP contribution < -0.4 is 58.2 Å². The van der Waals surface area contributed by atoms with Crippen molar-refractivity contribution < 1.29 is 104 Å². The minimum Gasteiger partial charge on any atom is -0.476 e. The maximum atomic E-state index is 12.0. The second kappa shape index (κ2) is 9.36. The Balaban J connectivity index is 0. The van der Waals surface area contributed by atoms with Crippen LogP contribution in [0.3, 0.4) is 0 Å². The van der Waals surface area contributed by atoms with Gasteiger partial charge >= 0.3 is 76.5 Å². The Labute approximate surface area is 165 Å². The molecule has 11 heteroatoms. The first kappa shape index (κ1) is 23.5. The fourth-order valence-electron chi connectivity index (χ4n) is 0.877. The van der Waals surface area contributed by atoms with Gasteiger partial charge < -0.3 is 9.47 Å². The zero-order valence-corrected chi connectivity index (χ0v) is 16.3. The molecular weight excluding hydrogens is 384 g/mol. The molecule has 0 radical (unpaired) electrons. The number of esters is 2. The van der Waals surface area contributed by atoms with E-state index in [9.17, 15) is 35.9 Å². The summed E-state index contributed by atoms with van der Waals surface area (Å²) >= 11 is 0. The van der Waals surface area contributed by atoms with Gasteiger partial charge in [-0.15, -0.1) is 0 Å². The van der Waals surface area contributed by atoms with Crippen molar-refractivity contribution in [1.29, 1.82) is 0 Å². The van der Waals surface area contributed by atoms with Crippen molar-refractivity contribution in [3.8, 4) is 0 Å². The predicted octanol–water partition coefficient (Wildman–Crippen LogP) is -0.426. The Kier molecular flexibility index (Phi) is 10.5. The summed E-state index contributed by atoms with van der Waals surface area (Å²) in [5, 5.41) is 0. The predicted molar refractivity (Wildman–Crippen MR) is 52.2 cm³/mol. The summed E-state index contributed by atoms with van der Waals surface area (Å²) < 4.78 is 79.8. The van der Waals surface area contributed by atoms with E-state index >= 15 is 0 Å². The number of hydrogen-bond acceptors (Lipinski definition) is 4. The molecule has 4 nitrogen and oxygen atoms in total. The van der Waals surface area contributed by atoms with Gasteiger partial charge in [-0.3, -0.25) is 10.7 Å². The number of alkyl halides is 6. The Morgan fingerprint density at radius 3 is 1.86 bits per heavy atom. The van der Waals surface area contributed by atoms with Gasteiger partial charge in [0.15, 0.2) is 12.6 Å². The van der Waals surface area contributed by atoms with Gasteiger partial charge in [0.25, 0.3) is 6.10 Å². The van der Waals surface area contributed by atoms with Crippen LogP contribution in [0.1, 0.15) is 20.3 Å². The molecule has 0 spiro atoms. The van der Waals surface area contributed by atoms with E-state index in [1.807, 2.05) is 0 Å². The van der Waals surface area contributed by atoms with Crippen LogP contribution in [0.2, 0.25) is 0 Å². The molecule has 0 bridgehead atoms. The number of ether oxygens (including phenoxy) is 2. The van der Waals surface area contributed by atoms with Crippen molar-refractivity contribution in [1.82, 2.24) is 0 Å². The van der Waals surface area contributed by atoms with Crippen LogP contribution in [0.25, 0.3) is 0 Å². The van der Waals surface area contributed by atoms with Crippen LogP contribution in [-0.4, -0.2) is 37.0 Å². The zero-order valence-electron chi connectivity index (χ0n) is 11.4. The smallest absolute Gasteiger partial charge is 0.476 e. The van der Waals surface area contributed by atoms with E-state index in [2.05, 4.69) is 9.47 Å². The summed E-state index contributed by atoms with van der Waals surface area (Å²) in [6, 6.07) is 0. The third kappa shape index (κ3) is 9.04. The fourth-order valence-corrected chi connectivity index (χ4v) is 0.877. The summed E-state index contributed by atoms with van der Waals surface area (Å²) in [5.41, 5.74) is 0. The molecule has 0 amide bonds. The molecule has 0 aliphatic rings. The number of hydrogen-bond donors (Lipinski definition) is 0. The van der Waals surface area contributed by atoms with Gasteiger partial charge in [0.05, 0.1) is 0 Å². The van der Waals surface area contributed by atoms with Gasteiger partial charge in [-0.2, -0.15) is 39.7 Å². The molecule has 0 aliphatic heterocycles. The van der Waals surface area contributed by atoms with Crippen LogP contribution >= 0.6 is 0 Å². The van der Waals surface area contributed by atoms with Gasteiger partial charge in [-0.1, -0.05) is 6.92 Å². The molecule has 0 atom stereocenters. The molecule has 0 fully saturated rings. The van der Waals surface area contributed by atoms with Gasteiger partial charge in [-0.05, 0) is 0 Å². The van der Waals surface area contributed by atoms with E-state index in [1.165, 1.54) is 6.92 Å². The van der Waals surface area contributed by atoms with Crippen molar-refractivity contribution in [2.24, 2.45) is 0 Å². The first-order valence-corrected chi connectivity index (χ1v) is 5.22. The molecular formula is C10H11F6O4Rb. The number of carbonyl (C=O) groups is 2. The number of halogens is 6. The molecule has 0 unspecified atom stereocenters. The molecule has 0 aromatic heterocycles. The molecule has 0 aromatic rings. The Hall–Kier alpha value is 0.195. The Morgan fingerprint density at radius 2 is 1.52 bits per heavy atom. The molecule has 0 rings (SSSR count). The van der Waals surface area contributed by atoms with Gasteiger partial charge in [0, 0.05) is 0 Å². The van der Waals surface area contributed by atoms with E-state index in [4.69, 9.17) is 0 Å². The molecule has 0 N–H and O–H groups in total. The van der Waals surface area contributed by atoms with E-state index in [-0.39, 0.29) is 70.5 Å². The van der Waals surface area contributed by atoms with Crippen LogP contribution in [0.15, 0.2) is 0 Å². The van der Waals surface area contributed by atoms with E-state index in [1.54, 1.807) is 6.92 Å². The van der Waals surface area contributed by atoms with Gasteiger partial charge in [0.1, 0.15) is 0 Å². The van der Waals surface area contributed by atoms with Crippen molar-refractivity contribution in [2.75, 3.05) is 6.61 Å². The molecule has 0 saturated carbocycles. The summed E-state index contributed by atoms with van der Waals surface area (Å²) in [7, 11) is 0. The Bertz CT molecular complexity index is 340. The first-order chi connectivity index (χ1) is 8.89. The van der Waals surface area contributed by atoms with Crippen molar-refractivity contribution >= 4 is 11.9 Å². The maximum Gasteiger partial charge on any atom is 1.00 e. The van der Waals surface area contributed by atoms with Crippen LogP contribution in [0.4, 0.5) is 26.3 Å². The molecule has 0 aliphatic carbocycles. The minimum atomic E-state index is -5.80. The maximum absolute atomic E-state index is 12.0. The van der Waals surface area contributed by atoms with E-state index in [0.717, 1.165) is 0 Å². The molecule has 0 aromatic carbocycles. The van der Waals surface area contributed by atoms with E-state index in [0.29, 0.717) is 0 Å². The van der Waals surface area contributed by atoms with Gasteiger partial charge in [0.2, 0.25) is 0 Å². The zero-order chi connectivity index (χ0) is 16.1. The Morgan fingerprint density at radius 1 is 1.10 bits per heavy atom. The largest absolute Gasteiger partial charge is 1.00 e. The van der Waals surface area contributed by atoms with Crippen molar-refractivity contribution in [2.45, 2.75) is 38.7 Å². The molecule has 0 heterocycles. The fraction of sp³-hybridized carbons (Fsp3) is 0.700. The van der Waals surface area contributed by atoms with Crippen molar-refractivity contribution in [3.63, 3.8) is 0 Å². The van der Waals surface area contributed by atoms with Crippen LogP contribution in [0, 0.1) is 5.92 Å². The van der Waals surface area contributed by atoms with E-state index < -0.39 is 37.0 Å². The van der Waals surface area contributed by atoms with Crippen LogP contribution in [0.5, 0.6) is 0 Å². The number of rotatable bonds is 5. The topological polar surface area (TPSA) is 52.6 Å². The van der Waals surface area contributed by atoms with Gasteiger partial charge in [-0.25, -0.2) is 4.79 Å².